The van der Waals surface area contributed by atoms with Crippen LogP contribution in [0.4, 0.5) is 5.69 Å². The van der Waals surface area contributed by atoms with Crippen LogP contribution in [0.5, 0.6) is 5.75 Å². The van der Waals surface area contributed by atoms with E-state index in [9.17, 15) is 5.11 Å². The number of nitrogens with two attached hydrogens (primary N) is 1. The fraction of sp³-hybridized carbons (Fsp3) is 0.333. The van der Waals surface area contributed by atoms with Gasteiger partial charge in [0.1, 0.15) is 18.5 Å². The maximum Gasteiger partial charge on any atom is 0.119 e. The highest BCUT2D eigenvalue weighted by molar-refractivity contribution is 5.40. The lowest BCUT2D eigenvalue weighted by molar-refractivity contribution is 0.108. The van der Waals surface area contributed by atoms with Crippen molar-refractivity contribution in [3.05, 3.63) is 59.7 Å². The molecule has 3 nitrogen and oxygen atoms in total. The minimum absolute atomic E-state index is 0.229. The molecule has 2 aromatic rings. The number of anilines is 1. The van der Waals surface area contributed by atoms with Crippen molar-refractivity contribution in [3.63, 3.8) is 0 Å². The third-order valence-electron chi connectivity index (χ3n) is 3.79. The molecule has 0 radical (unpaired) electrons. The molecule has 0 aliphatic heterocycles. The summed E-state index contributed by atoms with van der Waals surface area (Å²) >= 11 is 0. The number of benzene rings is 2. The van der Waals surface area contributed by atoms with Gasteiger partial charge in [0.25, 0.3) is 0 Å². The molecule has 21 heavy (non-hydrogen) atoms. The molecule has 3 heteroatoms. The number of nitrogen functional groups attached to an aromatic ring is 1. The molecule has 0 aliphatic carbocycles. The minimum Gasteiger partial charge on any atom is -0.491 e. The van der Waals surface area contributed by atoms with Gasteiger partial charge in [-0.25, -0.2) is 0 Å². The fourth-order valence-corrected chi connectivity index (χ4v) is 2.12. The Bertz CT molecular complexity index is 548. The molecule has 2 aromatic carbocycles. The molecular formula is C18H23NO2. The summed E-state index contributed by atoms with van der Waals surface area (Å²) in [5.41, 5.74) is 8.43. The van der Waals surface area contributed by atoms with Gasteiger partial charge in [0.05, 0.1) is 0 Å². The first-order valence-corrected chi connectivity index (χ1v) is 7.36. The molecule has 0 spiro atoms. The van der Waals surface area contributed by atoms with E-state index in [-0.39, 0.29) is 6.61 Å². The molecule has 3 N–H and O–H groups in total. The summed E-state index contributed by atoms with van der Waals surface area (Å²) in [5.74, 6) is 1.33. The third-order valence-corrected chi connectivity index (χ3v) is 3.79. The molecule has 2 unspecified atom stereocenters. The van der Waals surface area contributed by atoms with E-state index in [0.717, 1.165) is 17.7 Å². The summed E-state index contributed by atoms with van der Waals surface area (Å²) in [5, 5.41) is 10.1. The summed E-state index contributed by atoms with van der Waals surface area (Å²) in [6, 6.07) is 15.3. The second-order valence-electron chi connectivity index (χ2n) is 5.37. The zero-order chi connectivity index (χ0) is 15.2. The van der Waals surface area contributed by atoms with Gasteiger partial charge in [-0.05, 0) is 47.7 Å². The molecule has 0 aliphatic rings. The second kappa shape index (κ2) is 7.14. The van der Waals surface area contributed by atoms with E-state index in [1.54, 1.807) is 12.1 Å². The summed E-state index contributed by atoms with van der Waals surface area (Å²) in [4.78, 5) is 0. The van der Waals surface area contributed by atoms with E-state index < -0.39 is 6.10 Å². The van der Waals surface area contributed by atoms with Gasteiger partial charge in [0, 0.05) is 5.69 Å². The van der Waals surface area contributed by atoms with Crippen molar-refractivity contribution in [2.75, 3.05) is 12.3 Å². The van der Waals surface area contributed by atoms with Crippen molar-refractivity contribution < 1.29 is 9.84 Å². The molecule has 0 saturated heterocycles. The van der Waals surface area contributed by atoms with Crippen LogP contribution in [0.15, 0.2) is 48.5 Å². The van der Waals surface area contributed by atoms with E-state index in [1.807, 2.05) is 24.3 Å². The number of hydrogen-bond acceptors (Lipinski definition) is 3. The lowest BCUT2D eigenvalue weighted by atomic mass is 9.99. The largest absolute Gasteiger partial charge is 0.491 e. The lowest BCUT2D eigenvalue weighted by Crippen LogP contribution is -2.09. The van der Waals surface area contributed by atoms with Crippen LogP contribution < -0.4 is 10.5 Å². The van der Waals surface area contributed by atoms with Crippen molar-refractivity contribution in [1.82, 2.24) is 0 Å². The molecule has 0 amide bonds. The second-order valence-corrected chi connectivity index (χ2v) is 5.37. The molecule has 0 bridgehead atoms. The van der Waals surface area contributed by atoms with Crippen molar-refractivity contribution in [1.29, 1.82) is 0 Å². The first-order chi connectivity index (χ1) is 10.1. The highest BCUT2D eigenvalue weighted by Crippen LogP contribution is 2.22. The Morgan fingerprint density at radius 3 is 2.14 bits per heavy atom. The Hall–Kier alpha value is -2.00. The van der Waals surface area contributed by atoms with E-state index in [1.165, 1.54) is 5.56 Å². The molecule has 0 aromatic heterocycles. The lowest BCUT2D eigenvalue weighted by Gasteiger charge is -2.14. The zero-order valence-electron chi connectivity index (χ0n) is 12.6. The Balaban J connectivity index is 1.92. The quantitative estimate of drug-likeness (QED) is 0.792. The Labute approximate surface area is 126 Å². The van der Waals surface area contributed by atoms with E-state index in [2.05, 4.69) is 26.0 Å². The standard InChI is InChI=1S/C18H23NO2/c1-3-13(2)14-6-10-17(11-7-14)21-12-18(20)15-4-8-16(19)9-5-15/h4-11,13,18,20H,3,12,19H2,1-2H3. The SMILES string of the molecule is CCC(C)c1ccc(OCC(O)c2ccc(N)cc2)cc1. The molecule has 112 valence electrons. The van der Waals surface area contributed by atoms with Crippen LogP contribution in [0.2, 0.25) is 0 Å². The van der Waals surface area contributed by atoms with Gasteiger partial charge in [-0.15, -0.1) is 0 Å². The predicted octanol–water partition coefficient (Wildman–Crippen LogP) is 3.89. The topological polar surface area (TPSA) is 55.5 Å². The van der Waals surface area contributed by atoms with Gasteiger partial charge in [0.15, 0.2) is 0 Å². The van der Waals surface area contributed by atoms with Gasteiger partial charge < -0.3 is 15.6 Å². The van der Waals surface area contributed by atoms with Crippen LogP contribution in [0.3, 0.4) is 0 Å². The maximum absolute atomic E-state index is 10.1. The van der Waals surface area contributed by atoms with Gasteiger partial charge in [-0.1, -0.05) is 38.1 Å². The molecule has 2 atom stereocenters. The summed E-state index contributed by atoms with van der Waals surface area (Å²) in [6.45, 7) is 4.62. The third kappa shape index (κ3) is 4.23. The molecular weight excluding hydrogens is 262 g/mol. The van der Waals surface area contributed by atoms with Gasteiger partial charge >= 0.3 is 0 Å². The van der Waals surface area contributed by atoms with Crippen LogP contribution >= 0.6 is 0 Å². The van der Waals surface area contributed by atoms with Crippen LogP contribution in [-0.4, -0.2) is 11.7 Å². The number of rotatable bonds is 6. The number of hydrogen-bond donors (Lipinski definition) is 2. The molecule has 0 heterocycles. The molecule has 2 rings (SSSR count). The average Bonchev–Trinajstić information content (AvgIpc) is 2.53. The van der Waals surface area contributed by atoms with Crippen molar-refractivity contribution >= 4 is 5.69 Å². The maximum atomic E-state index is 10.1. The van der Waals surface area contributed by atoms with Crippen molar-refractivity contribution in [2.45, 2.75) is 32.3 Å². The molecule has 0 saturated carbocycles. The van der Waals surface area contributed by atoms with Crippen molar-refractivity contribution in [2.24, 2.45) is 0 Å². The van der Waals surface area contributed by atoms with Gasteiger partial charge in [0.2, 0.25) is 0 Å². The Morgan fingerprint density at radius 1 is 1.00 bits per heavy atom. The van der Waals surface area contributed by atoms with Crippen LogP contribution in [-0.2, 0) is 0 Å². The smallest absolute Gasteiger partial charge is 0.119 e. The van der Waals surface area contributed by atoms with Crippen LogP contribution in [0.25, 0.3) is 0 Å². The minimum atomic E-state index is -0.653. The van der Waals surface area contributed by atoms with E-state index in [4.69, 9.17) is 10.5 Å². The first-order valence-electron chi connectivity index (χ1n) is 7.36. The first kappa shape index (κ1) is 15.4. The summed E-state index contributed by atoms with van der Waals surface area (Å²) in [6.07, 6.45) is 0.468. The highest BCUT2D eigenvalue weighted by Gasteiger charge is 2.09. The molecule has 0 fully saturated rings. The average molecular weight is 285 g/mol. The van der Waals surface area contributed by atoms with Gasteiger partial charge in [-0.2, -0.15) is 0 Å². The summed E-state index contributed by atoms with van der Waals surface area (Å²) in [7, 11) is 0. The number of aliphatic hydroxyl groups is 1. The monoisotopic (exact) mass is 285 g/mol. The Kier molecular flexibility index (Phi) is 5.23. The zero-order valence-corrected chi connectivity index (χ0v) is 12.6. The van der Waals surface area contributed by atoms with Gasteiger partial charge in [-0.3, -0.25) is 0 Å². The van der Waals surface area contributed by atoms with Crippen LogP contribution in [0.1, 0.15) is 43.4 Å². The number of ether oxygens (including phenoxy) is 1. The fourth-order valence-electron chi connectivity index (χ4n) is 2.12. The van der Waals surface area contributed by atoms with E-state index in [0.29, 0.717) is 11.6 Å². The Morgan fingerprint density at radius 2 is 1.57 bits per heavy atom. The van der Waals surface area contributed by atoms with Crippen LogP contribution in [0, 0.1) is 0 Å². The predicted molar refractivity (Wildman–Crippen MR) is 86.5 cm³/mol. The summed E-state index contributed by atoms with van der Waals surface area (Å²) < 4.78 is 5.64. The van der Waals surface area contributed by atoms with Crippen molar-refractivity contribution in [3.8, 4) is 5.75 Å². The number of aliphatic hydroxyl groups excluding tert-OH is 1. The highest BCUT2D eigenvalue weighted by atomic mass is 16.5. The normalized spacial score (nSPS) is 13.7. The van der Waals surface area contributed by atoms with E-state index >= 15 is 0 Å².